The molecule has 3 heteroatoms. The Morgan fingerprint density at radius 2 is 2.18 bits per heavy atom. The van der Waals surface area contributed by atoms with Crippen molar-refractivity contribution in [1.29, 1.82) is 0 Å². The average Bonchev–Trinajstić information content (AvgIpc) is 2.00. The van der Waals surface area contributed by atoms with E-state index in [-0.39, 0.29) is 5.97 Å². The molecule has 0 aliphatic heterocycles. The molecule has 0 radical (unpaired) electrons. The van der Waals surface area contributed by atoms with Gasteiger partial charge in [0.25, 0.3) is 0 Å². The SMILES string of the molecule is CCC=C(CBr)C(=O)OCC. The third-order valence-electron chi connectivity index (χ3n) is 1.13. The molecule has 0 spiro atoms. The van der Waals surface area contributed by atoms with Crippen molar-refractivity contribution < 1.29 is 9.53 Å². The summed E-state index contributed by atoms with van der Waals surface area (Å²) in [5.41, 5.74) is 0.703. The van der Waals surface area contributed by atoms with Crippen LogP contribution in [-0.2, 0) is 9.53 Å². The molecule has 11 heavy (non-hydrogen) atoms. The minimum absolute atomic E-state index is 0.216. The number of rotatable bonds is 4. The fraction of sp³-hybridized carbons (Fsp3) is 0.625. The molecule has 0 saturated heterocycles. The zero-order chi connectivity index (χ0) is 8.69. The topological polar surface area (TPSA) is 26.3 Å². The molecular formula is C8H13BrO2. The molecule has 0 unspecified atom stereocenters. The van der Waals surface area contributed by atoms with Crippen molar-refractivity contribution >= 4 is 21.9 Å². The maximum absolute atomic E-state index is 11.0. The highest BCUT2D eigenvalue weighted by Crippen LogP contribution is 2.03. The highest BCUT2D eigenvalue weighted by atomic mass is 79.9. The molecule has 0 saturated carbocycles. The maximum atomic E-state index is 11.0. The van der Waals surface area contributed by atoms with Gasteiger partial charge in [0.2, 0.25) is 0 Å². The minimum atomic E-state index is -0.216. The van der Waals surface area contributed by atoms with E-state index in [1.807, 2.05) is 13.0 Å². The summed E-state index contributed by atoms with van der Waals surface area (Å²) in [7, 11) is 0. The Hall–Kier alpha value is -0.310. The summed E-state index contributed by atoms with van der Waals surface area (Å²) >= 11 is 3.22. The molecule has 0 aromatic heterocycles. The van der Waals surface area contributed by atoms with Gasteiger partial charge in [-0.2, -0.15) is 0 Å². The number of ether oxygens (including phenoxy) is 1. The lowest BCUT2D eigenvalue weighted by atomic mass is 10.2. The summed E-state index contributed by atoms with van der Waals surface area (Å²) in [6.45, 7) is 4.23. The summed E-state index contributed by atoms with van der Waals surface area (Å²) in [6, 6.07) is 0. The van der Waals surface area contributed by atoms with E-state index in [1.54, 1.807) is 6.92 Å². The quantitative estimate of drug-likeness (QED) is 0.413. The van der Waals surface area contributed by atoms with Crippen LogP contribution in [0.3, 0.4) is 0 Å². The third-order valence-corrected chi connectivity index (χ3v) is 1.74. The monoisotopic (exact) mass is 220 g/mol. The molecule has 0 bridgehead atoms. The van der Waals surface area contributed by atoms with Gasteiger partial charge in [0.1, 0.15) is 0 Å². The molecule has 64 valence electrons. The maximum Gasteiger partial charge on any atom is 0.334 e. The van der Waals surface area contributed by atoms with Crippen molar-refractivity contribution in [2.24, 2.45) is 0 Å². The van der Waals surface area contributed by atoms with E-state index < -0.39 is 0 Å². The second-order valence-corrected chi connectivity index (χ2v) is 2.55. The van der Waals surface area contributed by atoms with Gasteiger partial charge in [-0.15, -0.1) is 0 Å². The lowest BCUT2D eigenvalue weighted by molar-refractivity contribution is -0.138. The van der Waals surface area contributed by atoms with E-state index in [0.717, 1.165) is 6.42 Å². The largest absolute Gasteiger partial charge is 0.463 e. The van der Waals surface area contributed by atoms with Crippen LogP contribution in [0.25, 0.3) is 0 Å². The van der Waals surface area contributed by atoms with Crippen molar-refractivity contribution in [1.82, 2.24) is 0 Å². The van der Waals surface area contributed by atoms with Gasteiger partial charge < -0.3 is 4.74 Å². The van der Waals surface area contributed by atoms with Crippen LogP contribution in [0.2, 0.25) is 0 Å². The first-order chi connectivity index (χ1) is 5.26. The van der Waals surface area contributed by atoms with Gasteiger partial charge in [-0.05, 0) is 13.3 Å². The molecule has 0 aromatic rings. The molecule has 0 fully saturated rings. The van der Waals surface area contributed by atoms with Crippen LogP contribution >= 0.6 is 15.9 Å². The lowest BCUT2D eigenvalue weighted by Gasteiger charge is -2.01. The van der Waals surface area contributed by atoms with Crippen molar-refractivity contribution in [2.45, 2.75) is 20.3 Å². The number of carbonyl (C=O) groups excluding carboxylic acids is 1. The highest BCUT2D eigenvalue weighted by Gasteiger charge is 2.06. The molecule has 0 aliphatic rings. The standard InChI is InChI=1S/C8H13BrO2/c1-3-5-7(6-9)8(10)11-4-2/h5H,3-4,6H2,1-2H3. The van der Waals surface area contributed by atoms with Gasteiger partial charge in [0, 0.05) is 10.9 Å². The fourth-order valence-electron chi connectivity index (χ4n) is 0.663. The van der Waals surface area contributed by atoms with Gasteiger partial charge in [-0.1, -0.05) is 28.9 Å². The summed E-state index contributed by atoms with van der Waals surface area (Å²) in [5.74, 6) is -0.216. The van der Waals surface area contributed by atoms with Gasteiger partial charge in [-0.3, -0.25) is 0 Å². The third kappa shape index (κ3) is 4.19. The predicted molar refractivity (Wildman–Crippen MR) is 48.8 cm³/mol. The van der Waals surface area contributed by atoms with Crippen LogP contribution in [0.5, 0.6) is 0 Å². The molecule has 0 aromatic carbocycles. The normalized spacial score (nSPS) is 11.4. The van der Waals surface area contributed by atoms with Gasteiger partial charge in [0.05, 0.1) is 6.61 Å². The van der Waals surface area contributed by atoms with Crippen LogP contribution in [0.15, 0.2) is 11.6 Å². The Kier molecular flexibility index (Phi) is 6.22. The predicted octanol–water partition coefficient (Wildman–Crippen LogP) is 2.28. The Labute approximate surface area is 75.7 Å². The first-order valence-electron chi connectivity index (χ1n) is 3.68. The summed E-state index contributed by atoms with van der Waals surface area (Å²) in [6.07, 6.45) is 2.73. The molecule has 0 atom stereocenters. The summed E-state index contributed by atoms with van der Waals surface area (Å²) in [5, 5.41) is 0.569. The number of hydrogen-bond acceptors (Lipinski definition) is 2. The van der Waals surface area contributed by atoms with Crippen LogP contribution < -0.4 is 0 Å². The van der Waals surface area contributed by atoms with Gasteiger partial charge in [-0.25, -0.2) is 4.79 Å². The van der Waals surface area contributed by atoms with Crippen molar-refractivity contribution in [2.75, 3.05) is 11.9 Å². The highest BCUT2D eigenvalue weighted by molar-refractivity contribution is 9.09. The molecule has 0 N–H and O–H groups in total. The molecule has 0 amide bonds. The van der Waals surface area contributed by atoms with Crippen molar-refractivity contribution in [3.05, 3.63) is 11.6 Å². The smallest absolute Gasteiger partial charge is 0.334 e. The van der Waals surface area contributed by atoms with E-state index in [4.69, 9.17) is 4.74 Å². The minimum Gasteiger partial charge on any atom is -0.463 e. The van der Waals surface area contributed by atoms with E-state index >= 15 is 0 Å². The van der Waals surface area contributed by atoms with Crippen LogP contribution in [0, 0.1) is 0 Å². The van der Waals surface area contributed by atoms with Crippen molar-refractivity contribution in [3.63, 3.8) is 0 Å². The van der Waals surface area contributed by atoms with E-state index in [2.05, 4.69) is 15.9 Å². The number of carbonyl (C=O) groups is 1. The van der Waals surface area contributed by atoms with Crippen LogP contribution in [-0.4, -0.2) is 17.9 Å². The molecule has 0 aliphatic carbocycles. The van der Waals surface area contributed by atoms with E-state index in [0.29, 0.717) is 17.5 Å². The summed E-state index contributed by atoms with van der Waals surface area (Å²) in [4.78, 5) is 11.0. The molecule has 0 rings (SSSR count). The zero-order valence-electron chi connectivity index (χ0n) is 6.89. The molecule has 0 heterocycles. The van der Waals surface area contributed by atoms with Crippen molar-refractivity contribution in [3.8, 4) is 0 Å². The summed E-state index contributed by atoms with van der Waals surface area (Å²) < 4.78 is 4.81. The van der Waals surface area contributed by atoms with Crippen LogP contribution in [0.1, 0.15) is 20.3 Å². The number of hydrogen-bond donors (Lipinski definition) is 0. The van der Waals surface area contributed by atoms with Gasteiger partial charge in [0.15, 0.2) is 0 Å². The number of halogens is 1. The number of alkyl halides is 1. The van der Waals surface area contributed by atoms with E-state index in [1.165, 1.54) is 0 Å². The molecule has 2 nitrogen and oxygen atoms in total. The molecular weight excluding hydrogens is 208 g/mol. The van der Waals surface area contributed by atoms with Gasteiger partial charge >= 0.3 is 5.97 Å². The Balaban J connectivity index is 4.03. The zero-order valence-corrected chi connectivity index (χ0v) is 8.48. The first-order valence-corrected chi connectivity index (χ1v) is 4.80. The Bertz CT molecular complexity index is 152. The van der Waals surface area contributed by atoms with Crippen LogP contribution in [0.4, 0.5) is 0 Å². The number of allylic oxidation sites excluding steroid dienone is 1. The second-order valence-electron chi connectivity index (χ2n) is 1.99. The first kappa shape index (κ1) is 10.7. The Morgan fingerprint density at radius 3 is 2.55 bits per heavy atom. The average molecular weight is 221 g/mol. The number of esters is 1. The Morgan fingerprint density at radius 1 is 1.55 bits per heavy atom. The second kappa shape index (κ2) is 6.40. The lowest BCUT2D eigenvalue weighted by Crippen LogP contribution is -2.08. The van der Waals surface area contributed by atoms with E-state index in [9.17, 15) is 4.79 Å². The fourth-order valence-corrected chi connectivity index (χ4v) is 1.12.